The first-order chi connectivity index (χ1) is 6.08. The number of thiophene rings is 1. The molecule has 2 N–H and O–H groups in total. The largest absolute Gasteiger partial charge is 0.324 e. The predicted molar refractivity (Wildman–Crippen MR) is 48.9 cm³/mol. The molecule has 4 heteroatoms. The fraction of sp³-hybridized carbons (Fsp3) is 0.556. The molecule has 1 heterocycles. The Bertz CT molecular complexity index is 276. The Labute approximate surface area is 79.6 Å². The molecular weight excluding hydrogens is 192 g/mol. The smallest absolute Gasteiger partial charge is 0.248 e. The van der Waals surface area contributed by atoms with Crippen LogP contribution in [0.15, 0.2) is 16.8 Å². The van der Waals surface area contributed by atoms with Crippen molar-refractivity contribution in [1.82, 2.24) is 0 Å². The molecular formula is C9H11F2NS. The van der Waals surface area contributed by atoms with E-state index in [4.69, 9.17) is 5.73 Å². The normalized spacial score (nSPS) is 23.9. The van der Waals surface area contributed by atoms with Gasteiger partial charge in [0.2, 0.25) is 5.92 Å². The molecule has 1 aliphatic rings. The standard InChI is InChI=1S/C9H11F2NS/c10-9(11)3-7(4-9)8(12)6-1-2-13-5-6/h1-2,5,7-8H,3-4,12H2. The number of rotatable bonds is 2. The van der Waals surface area contributed by atoms with Crippen molar-refractivity contribution in [2.75, 3.05) is 0 Å². The van der Waals surface area contributed by atoms with Gasteiger partial charge in [-0.1, -0.05) is 0 Å². The fourth-order valence-corrected chi connectivity index (χ4v) is 2.41. The molecule has 0 bridgehead atoms. The summed E-state index contributed by atoms with van der Waals surface area (Å²) in [5.74, 6) is -2.50. The average molecular weight is 203 g/mol. The van der Waals surface area contributed by atoms with Gasteiger partial charge in [0.1, 0.15) is 0 Å². The van der Waals surface area contributed by atoms with Crippen molar-refractivity contribution in [2.45, 2.75) is 24.8 Å². The molecule has 1 atom stereocenters. The second-order valence-corrected chi connectivity index (χ2v) is 4.39. The second kappa shape index (κ2) is 3.03. The summed E-state index contributed by atoms with van der Waals surface area (Å²) in [7, 11) is 0. The van der Waals surface area contributed by atoms with E-state index in [1.165, 1.54) is 0 Å². The summed E-state index contributed by atoms with van der Waals surface area (Å²) >= 11 is 1.55. The van der Waals surface area contributed by atoms with Crippen LogP contribution in [-0.4, -0.2) is 5.92 Å². The number of hydrogen-bond acceptors (Lipinski definition) is 2. The van der Waals surface area contributed by atoms with Gasteiger partial charge in [-0.15, -0.1) is 0 Å². The molecule has 0 saturated heterocycles. The monoisotopic (exact) mass is 203 g/mol. The highest BCUT2D eigenvalue weighted by molar-refractivity contribution is 7.07. The van der Waals surface area contributed by atoms with Crippen LogP contribution in [0.4, 0.5) is 8.78 Å². The van der Waals surface area contributed by atoms with E-state index in [0.717, 1.165) is 5.56 Å². The Morgan fingerprint density at radius 3 is 2.69 bits per heavy atom. The molecule has 2 rings (SSSR count). The minimum atomic E-state index is -2.46. The lowest BCUT2D eigenvalue weighted by molar-refractivity contribution is -0.116. The molecule has 1 aromatic heterocycles. The lowest BCUT2D eigenvalue weighted by atomic mass is 9.75. The Hall–Kier alpha value is -0.480. The Morgan fingerprint density at radius 1 is 1.54 bits per heavy atom. The number of nitrogens with two attached hydrogens (primary N) is 1. The van der Waals surface area contributed by atoms with Gasteiger partial charge in [0.05, 0.1) is 0 Å². The zero-order valence-electron chi connectivity index (χ0n) is 7.04. The highest BCUT2D eigenvalue weighted by Gasteiger charge is 2.47. The third-order valence-corrected chi connectivity index (χ3v) is 3.26. The summed E-state index contributed by atoms with van der Waals surface area (Å²) in [5.41, 5.74) is 6.83. The van der Waals surface area contributed by atoms with Crippen molar-refractivity contribution in [3.63, 3.8) is 0 Å². The van der Waals surface area contributed by atoms with Crippen LogP contribution in [0.1, 0.15) is 24.4 Å². The van der Waals surface area contributed by atoms with Gasteiger partial charge in [0.25, 0.3) is 0 Å². The average Bonchev–Trinajstić information content (AvgIpc) is 2.50. The van der Waals surface area contributed by atoms with Crippen molar-refractivity contribution >= 4 is 11.3 Å². The van der Waals surface area contributed by atoms with E-state index in [-0.39, 0.29) is 24.8 Å². The highest BCUT2D eigenvalue weighted by Crippen LogP contribution is 2.47. The molecule has 72 valence electrons. The number of halogens is 2. The zero-order chi connectivity index (χ0) is 9.47. The summed E-state index contributed by atoms with van der Waals surface area (Å²) in [4.78, 5) is 0. The van der Waals surface area contributed by atoms with E-state index in [0.29, 0.717) is 0 Å². The zero-order valence-corrected chi connectivity index (χ0v) is 7.86. The molecule has 1 unspecified atom stereocenters. The lowest BCUT2D eigenvalue weighted by Crippen LogP contribution is -2.41. The van der Waals surface area contributed by atoms with E-state index >= 15 is 0 Å². The highest BCUT2D eigenvalue weighted by atomic mass is 32.1. The van der Waals surface area contributed by atoms with Crippen LogP contribution >= 0.6 is 11.3 Å². The van der Waals surface area contributed by atoms with Crippen LogP contribution in [0.2, 0.25) is 0 Å². The maximum absolute atomic E-state index is 12.5. The summed E-state index contributed by atoms with van der Waals surface area (Å²) in [6.45, 7) is 0. The fourth-order valence-electron chi connectivity index (χ4n) is 1.70. The maximum Gasteiger partial charge on any atom is 0.248 e. The Morgan fingerprint density at radius 2 is 2.23 bits per heavy atom. The van der Waals surface area contributed by atoms with Crippen LogP contribution in [-0.2, 0) is 0 Å². The number of hydrogen-bond donors (Lipinski definition) is 1. The maximum atomic E-state index is 12.5. The first-order valence-corrected chi connectivity index (χ1v) is 5.18. The van der Waals surface area contributed by atoms with Crippen LogP contribution in [0.25, 0.3) is 0 Å². The van der Waals surface area contributed by atoms with E-state index in [1.807, 2.05) is 16.8 Å². The van der Waals surface area contributed by atoms with Crippen LogP contribution < -0.4 is 5.73 Å². The first kappa shape index (κ1) is 9.09. The van der Waals surface area contributed by atoms with Crippen molar-refractivity contribution < 1.29 is 8.78 Å². The molecule has 0 amide bonds. The molecule has 0 aromatic carbocycles. The minimum absolute atomic E-state index is 0.0374. The van der Waals surface area contributed by atoms with Crippen molar-refractivity contribution in [3.8, 4) is 0 Å². The topological polar surface area (TPSA) is 26.0 Å². The first-order valence-electron chi connectivity index (χ1n) is 4.24. The Balaban J connectivity index is 1.97. The third kappa shape index (κ3) is 1.74. The van der Waals surface area contributed by atoms with Gasteiger partial charge in [0, 0.05) is 18.9 Å². The van der Waals surface area contributed by atoms with Gasteiger partial charge in [0.15, 0.2) is 0 Å². The van der Waals surface area contributed by atoms with Gasteiger partial charge in [-0.3, -0.25) is 0 Å². The molecule has 1 aromatic rings. The van der Waals surface area contributed by atoms with Crippen LogP contribution in [0, 0.1) is 5.92 Å². The quantitative estimate of drug-likeness (QED) is 0.785. The van der Waals surface area contributed by atoms with Crippen LogP contribution in [0.5, 0.6) is 0 Å². The van der Waals surface area contributed by atoms with E-state index in [1.54, 1.807) is 11.3 Å². The summed E-state index contributed by atoms with van der Waals surface area (Å²) in [6, 6.07) is 1.71. The lowest BCUT2D eigenvalue weighted by Gasteiger charge is -2.38. The number of alkyl halides is 2. The van der Waals surface area contributed by atoms with E-state index in [2.05, 4.69) is 0 Å². The minimum Gasteiger partial charge on any atom is -0.324 e. The van der Waals surface area contributed by atoms with Crippen molar-refractivity contribution in [3.05, 3.63) is 22.4 Å². The Kier molecular flexibility index (Phi) is 2.12. The van der Waals surface area contributed by atoms with Gasteiger partial charge in [-0.25, -0.2) is 8.78 Å². The third-order valence-electron chi connectivity index (χ3n) is 2.56. The van der Waals surface area contributed by atoms with Gasteiger partial charge in [-0.05, 0) is 28.3 Å². The summed E-state index contributed by atoms with van der Waals surface area (Å²) in [5, 5.41) is 3.85. The van der Waals surface area contributed by atoms with Gasteiger partial charge in [-0.2, -0.15) is 11.3 Å². The molecule has 1 saturated carbocycles. The predicted octanol–water partition coefficient (Wildman–Crippen LogP) is 2.79. The summed E-state index contributed by atoms with van der Waals surface area (Å²) in [6.07, 6.45) is -0.103. The molecule has 13 heavy (non-hydrogen) atoms. The van der Waals surface area contributed by atoms with Crippen molar-refractivity contribution in [2.24, 2.45) is 11.7 Å². The SMILES string of the molecule is NC(c1ccsc1)C1CC(F)(F)C1. The molecule has 1 nitrogen and oxygen atoms in total. The molecule has 0 radical (unpaired) electrons. The van der Waals surface area contributed by atoms with Gasteiger partial charge >= 0.3 is 0 Å². The van der Waals surface area contributed by atoms with Crippen LogP contribution in [0.3, 0.4) is 0 Å². The van der Waals surface area contributed by atoms with E-state index < -0.39 is 5.92 Å². The van der Waals surface area contributed by atoms with Crippen molar-refractivity contribution in [1.29, 1.82) is 0 Å². The molecule has 0 spiro atoms. The van der Waals surface area contributed by atoms with E-state index in [9.17, 15) is 8.78 Å². The molecule has 1 fully saturated rings. The molecule has 1 aliphatic carbocycles. The summed E-state index contributed by atoms with van der Waals surface area (Å²) < 4.78 is 25.1. The molecule has 0 aliphatic heterocycles. The van der Waals surface area contributed by atoms with Gasteiger partial charge < -0.3 is 5.73 Å². The second-order valence-electron chi connectivity index (χ2n) is 3.61.